The number of nitrogens with one attached hydrogen (secondary N) is 2. The van der Waals surface area contributed by atoms with Crippen molar-refractivity contribution in [2.75, 3.05) is 26.4 Å². The molecule has 23 heteroatoms. The normalized spacial score (nSPS) is 27.5. The van der Waals surface area contributed by atoms with Gasteiger partial charge in [-0.2, -0.15) is 0 Å². The number of aliphatic hydroxyl groups is 11. The monoisotopic (exact) mass is 1380 g/mol. The van der Waals surface area contributed by atoms with Gasteiger partial charge >= 0.3 is 5.97 Å². The van der Waals surface area contributed by atoms with Gasteiger partial charge in [0, 0.05) is 19.8 Å². The topological polar surface area (TPSA) is 373 Å². The Kier molecular flexibility index (Phi) is 49.0. The highest BCUT2D eigenvalue weighted by atomic mass is 16.8. The Balaban J connectivity index is 1.54. The van der Waals surface area contributed by atoms with Gasteiger partial charge in [0.25, 0.3) is 5.79 Å². The number of carboxylic acids is 1. The number of unbranched alkanes of at least 4 members (excludes halogenated alkanes) is 40. The molecule has 3 aliphatic heterocycles. The average molecular weight is 1380 g/mol. The van der Waals surface area contributed by atoms with Gasteiger partial charge in [0.15, 0.2) is 12.6 Å². The second kappa shape index (κ2) is 53.5. The van der Waals surface area contributed by atoms with Gasteiger partial charge in [-0.25, -0.2) is 4.79 Å². The highest BCUT2D eigenvalue weighted by Crippen LogP contribution is 2.39. The largest absolute Gasteiger partial charge is 0.477 e. The lowest BCUT2D eigenvalue weighted by atomic mass is 9.88. The van der Waals surface area contributed by atoms with Gasteiger partial charge in [-0.15, -0.1) is 0 Å². The van der Waals surface area contributed by atoms with Gasteiger partial charge in [0.1, 0.15) is 67.1 Å². The quantitative estimate of drug-likeness (QED) is 0.0253. The van der Waals surface area contributed by atoms with Gasteiger partial charge in [0.2, 0.25) is 11.8 Å². The summed E-state index contributed by atoms with van der Waals surface area (Å²) in [5, 5.41) is 136. The van der Waals surface area contributed by atoms with Gasteiger partial charge in [-0.1, -0.05) is 277 Å². The summed E-state index contributed by atoms with van der Waals surface area (Å²) in [4.78, 5) is 38.6. The van der Waals surface area contributed by atoms with E-state index in [1.807, 2.05) is 0 Å². The van der Waals surface area contributed by atoms with E-state index in [0.717, 1.165) is 51.9 Å². The van der Waals surface area contributed by atoms with Crippen molar-refractivity contribution in [2.45, 2.75) is 420 Å². The molecule has 0 saturated carbocycles. The molecule has 2 amide bonds. The molecule has 3 saturated heterocycles. The Hall–Kier alpha value is -2.27. The van der Waals surface area contributed by atoms with E-state index in [1.165, 1.54) is 212 Å². The van der Waals surface area contributed by atoms with E-state index in [-0.39, 0.29) is 18.9 Å². The van der Waals surface area contributed by atoms with Crippen molar-refractivity contribution in [3.8, 4) is 0 Å². The van der Waals surface area contributed by atoms with Crippen LogP contribution >= 0.6 is 0 Å². The number of carboxylic acid groups (broad SMARTS) is 1. The van der Waals surface area contributed by atoms with Crippen LogP contribution in [0.1, 0.15) is 310 Å². The van der Waals surface area contributed by atoms with Crippen molar-refractivity contribution in [1.29, 1.82) is 0 Å². The van der Waals surface area contributed by atoms with Crippen LogP contribution in [0, 0.1) is 0 Å². The predicted molar refractivity (Wildman–Crippen MR) is 366 cm³/mol. The number of carbonyl (C=O) groups excluding carboxylic acids is 2. The molecule has 3 fully saturated rings. The number of carbonyl (C=O) groups is 3. The SMILES string of the molecule is CCCCCCCCCCCCCCCCCCCCCCCCCC(O)C(COC1OC(CO)C(OC2OC(CO)C(O)C(OC3(C(=O)O)CC(O)C(NC(C)=O)C(C(O)C(O)CO)O3)C2O)C(O)C1O)NC(=O)CCCCCCCCCCCCCCCCCCCCC. The van der Waals surface area contributed by atoms with E-state index in [1.54, 1.807) is 0 Å². The minimum atomic E-state index is -3.08. The van der Waals surface area contributed by atoms with Crippen molar-refractivity contribution in [3.63, 3.8) is 0 Å². The molecule has 0 bridgehead atoms. The van der Waals surface area contributed by atoms with Gasteiger partial charge in [-0.05, 0) is 12.8 Å². The molecular weight excluding hydrogens is 1240 g/mol. The maximum absolute atomic E-state index is 13.5. The second-order valence-electron chi connectivity index (χ2n) is 28.2. The van der Waals surface area contributed by atoms with E-state index >= 15 is 0 Å². The lowest BCUT2D eigenvalue weighted by Crippen LogP contribution is -2.70. The molecule has 0 aromatic carbocycles. The number of aliphatic hydroxyl groups excluding tert-OH is 11. The highest BCUT2D eigenvalue weighted by Gasteiger charge is 2.60. The average Bonchev–Trinajstić information content (AvgIpc) is 0.758. The third-order valence-electron chi connectivity index (χ3n) is 19.8. The number of hydrogen-bond acceptors (Lipinski definition) is 20. The van der Waals surface area contributed by atoms with Crippen molar-refractivity contribution < 1.29 is 104 Å². The van der Waals surface area contributed by atoms with E-state index in [9.17, 15) is 75.7 Å². The van der Waals surface area contributed by atoms with Crippen LogP contribution in [0.25, 0.3) is 0 Å². The number of rotatable bonds is 60. The third-order valence-corrected chi connectivity index (χ3v) is 19.8. The minimum Gasteiger partial charge on any atom is -0.477 e. The first-order chi connectivity index (χ1) is 46.4. The third kappa shape index (κ3) is 34.6. The Bertz CT molecular complexity index is 1930. The standard InChI is InChI=1S/C73H138N2O21/c1-4-6-8-10-12-14-16-18-20-22-24-25-26-27-29-30-32-34-36-38-40-42-44-46-55(80)54(75-60(83)47-45-43-41-39-37-35-33-31-28-23-21-19-17-15-13-11-9-7-5-2)52-91-70-65(87)64(86)67(59(51-78)93-70)94-71-66(88)69(63(85)58(50-77)92-71)96-73(72(89)90)48-56(81)61(74-53(3)79)68(95-73)62(84)57(82)49-76/h54-59,61-71,76-78,80-82,84-88H,4-52H2,1-3H3,(H,74,79)(H,75,83)(H,89,90). The summed E-state index contributed by atoms with van der Waals surface area (Å²) in [6.45, 7) is 2.26. The maximum Gasteiger partial charge on any atom is 0.364 e. The van der Waals surface area contributed by atoms with Crippen LogP contribution in [0.4, 0.5) is 0 Å². The van der Waals surface area contributed by atoms with Crippen molar-refractivity contribution in [2.24, 2.45) is 0 Å². The van der Waals surface area contributed by atoms with Crippen LogP contribution in [0.3, 0.4) is 0 Å². The summed E-state index contributed by atoms with van der Waals surface area (Å²) in [6.07, 6.45) is 23.8. The van der Waals surface area contributed by atoms with Crippen LogP contribution in [0.15, 0.2) is 0 Å². The fraction of sp³-hybridized carbons (Fsp3) is 0.959. The summed E-state index contributed by atoms with van der Waals surface area (Å²) in [7, 11) is 0. The summed E-state index contributed by atoms with van der Waals surface area (Å²) in [6, 6.07) is -2.52. The van der Waals surface area contributed by atoms with E-state index in [0.29, 0.717) is 19.3 Å². The Labute approximate surface area is 576 Å². The molecule has 96 heavy (non-hydrogen) atoms. The molecule has 0 radical (unpaired) electrons. The van der Waals surface area contributed by atoms with Crippen molar-refractivity contribution in [3.05, 3.63) is 0 Å². The first kappa shape index (κ1) is 87.9. The second-order valence-corrected chi connectivity index (χ2v) is 28.2. The molecule has 566 valence electrons. The van der Waals surface area contributed by atoms with Crippen LogP contribution in [-0.4, -0.2) is 215 Å². The first-order valence-corrected chi connectivity index (χ1v) is 38.4. The Morgan fingerprint density at radius 2 is 0.906 bits per heavy atom. The fourth-order valence-electron chi connectivity index (χ4n) is 13.7. The van der Waals surface area contributed by atoms with Crippen molar-refractivity contribution >= 4 is 17.8 Å². The minimum absolute atomic E-state index is 0.229. The fourth-order valence-corrected chi connectivity index (χ4v) is 13.7. The van der Waals surface area contributed by atoms with Crippen LogP contribution in [-0.2, 0) is 42.8 Å². The zero-order chi connectivity index (χ0) is 70.4. The van der Waals surface area contributed by atoms with Gasteiger partial charge in [0.05, 0.1) is 50.7 Å². The Morgan fingerprint density at radius 3 is 1.30 bits per heavy atom. The van der Waals surface area contributed by atoms with E-state index in [2.05, 4.69) is 24.5 Å². The smallest absolute Gasteiger partial charge is 0.364 e. The molecule has 0 aromatic rings. The molecule has 18 atom stereocenters. The van der Waals surface area contributed by atoms with Gasteiger partial charge < -0.3 is 100 Å². The molecule has 3 rings (SSSR count). The summed E-state index contributed by atoms with van der Waals surface area (Å²) < 4.78 is 34.9. The zero-order valence-corrected chi connectivity index (χ0v) is 59.5. The zero-order valence-electron chi connectivity index (χ0n) is 59.5. The lowest BCUT2D eigenvalue weighted by molar-refractivity contribution is -0.386. The highest BCUT2D eigenvalue weighted by molar-refractivity contribution is 5.77. The molecule has 23 nitrogen and oxygen atoms in total. The molecule has 0 aliphatic carbocycles. The molecule has 18 unspecified atom stereocenters. The summed E-state index contributed by atoms with van der Waals surface area (Å²) >= 11 is 0. The number of hydrogen-bond donors (Lipinski definition) is 14. The summed E-state index contributed by atoms with van der Waals surface area (Å²) in [5.41, 5.74) is 0. The van der Waals surface area contributed by atoms with Crippen LogP contribution in [0.2, 0.25) is 0 Å². The molecule has 3 aliphatic rings. The van der Waals surface area contributed by atoms with Crippen LogP contribution in [0.5, 0.6) is 0 Å². The van der Waals surface area contributed by atoms with Crippen molar-refractivity contribution in [1.82, 2.24) is 10.6 Å². The summed E-state index contributed by atoms with van der Waals surface area (Å²) in [5.74, 6) is -6.09. The molecule has 3 heterocycles. The number of ether oxygens (including phenoxy) is 6. The Morgan fingerprint density at radius 1 is 0.500 bits per heavy atom. The molecule has 0 aromatic heterocycles. The van der Waals surface area contributed by atoms with Gasteiger partial charge in [-0.3, -0.25) is 9.59 Å². The maximum atomic E-state index is 13.5. The molecule has 0 spiro atoms. The lowest BCUT2D eigenvalue weighted by Gasteiger charge is -2.50. The molecular formula is C73H138N2O21. The first-order valence-electron chi connectivity index (χ1n) is 38.4. The predicted octanol–water partition coefficient (Wildman–Crippen LogP) is 8.85. The van der Waals surface area contributed by atoms with E-state index in [4.69, 9.17) is 28.4 Å². The van der Waals surface area contributed by atoms with E-state index < -0.39 is 148 Å². The number of amides is 2. The molecule has 14 N–H and O–H groups in total. The number of aliphatic carboxylic acids is 1. The van der Waals surface area contributed by atoms with Crippen LogP contribution < -0.4 is 10.6 Å².